The van der Waals surface area contributed by atoms with Crippen molar-refractivity contribution in [2.75, 3.05) is 12.9 Å². The summed E-state index contributed by atoms with van der Waals surface area (Å²) in [6, 6.07) is 21.0. The zero-order valence-corrected chi connectivity index (χ0v) is 19.5. The molecule has 0 saturated carbocycles. The van der Waals surface area contributed by atoms with E-state index < -0.39 is 9.84 Å². The Morgan fingerprint density at radius 2 is 1.85 bits per heavy atom. The van der Waals surface area contributed by atoms with Crippen molar-refractivity contribution in [2.45, 2.75) is 30.4 Å². The number of aromatic amines is 1. The number of nitrogens with one attached hydrogen (secondary N) is 1. The van der Waals surface area contributed by atoms with Gasteiger partial charge in [-0.05, 0) is 66.8 Å². The van der Waals surface area contributed by atoms with E-state index >= 15 is 0 Å². The average Bonchev–Trinajstić information content (AvgIpc) is 3.45. The van der Waals surface area contributed by atoms with Crippen LogP contribution >= 0.6 is 0 Å². The van der Waals surface area contributed by atoms with Gasteiger partial charge in [-0.3, -0.25) is 0 Å². The normalized spacial score (nSPS) is 16.9. The number of hydrogen-bond acceptors (Lipinski definition) is 5. The number of aromatic nitrogens is 4. The molecular weight excluding hydrogens is 448 g/mol. The number of nitrogens with zero attached hydrogens (tertiary/aromatic N) is 3. The van der Waals surface area contributed by atoms with Gasteiger partial charge in [-0.1, -0.05) is 30.3 Å². The second-order valence-corrected chi connectivity index (χ2v) is 10.8. The van der Waals surface area contributed by atoms with E-state index in [1.807, 2.05) is 47.1 Å². The number of fused-ring (bicyclic) bond motifs is 2. The highest BCUT2D eigenvalue weighted by Crippen LogP contribution is 2.35. The van der Waals surface area contributed by atoms with E-state index in [0.29, 0.717) is 10.7 Å². The number of sulfone groups is 1. The summed E-state index contributed by atoms with van der Waals surface area (Å²) < 4.78 is 32.2. The number of benzene rings is 3. The second kappa shape index (κ2) is 8.07. The lowest BCUT2D eigenvalue weighted by molar-refractivity contribution is -0.0365. The molecule has 3 heterocycles. The summed E-state index contributed by atoms with van der Waals surface area (Å²) in [7, 11) is -3.30. The first-order valence-corrected chi connectivity index (χ1v) is 13.3. The second-order valence-electron chi connectivity index (χ2n) is 8.75. The Kier molecular flexibility index (Phi) is 5.00. The van der Waals surface area contributed by atoms with Crippen LogP contribution in [-0.4, -0.2) is 41.0 Å². The molecule has 1 aliphatic heterocycles. The van der Waals surface area contributed by atoms with Crippen molar-refractivity contribution in [3.05, 3.63) is 66.7 Å². The van der Waals surface area contributed by atoms with E-state index in [1.165, 1.54) is 6.26 Å². The summed E-state index contributed by atoms with van der Waals surface area (Å²) in [4.78, 5) is 8.49. The van der Waals surface area contributed by atoms with Crippen molar-refractivity contribution < 1.29 is 13.2 Å². The molecule has 6 rings (SSSR count). The Balaban J connectivity index is 1.55. The van der Waals surface area contributed by atoms with Gasteiger partial charge in [0.1, 0.15) is 5.69 Å². The van der Waals surface area contributed by atoms with Crippen LogP contribution < -0.4 is 0 Å². The number of imidazole rings is 1. The van der Waals surface area contributed by atoms with Gasteiger partial charge in [-0.2, -0.15) is 5.10 Å². The molecule has 8 heteroatoms. The largest absolute Gasteiger partial charge is 0.356 e. The molecule has 1 unspecified atom stereocenters. The first-order chi connectivity index (χ1) is 16.5. The molecule has 7 nitrogen and oxygen atoms in total. The van der Waals surface area contributed by atoms with Gasteiger partial charge in [-0.25, -0.2) is 18.1 Å². The summed E-state index contributed by atoms with van der Waals surface area (Å²) in [6.07, 6.45) is 4.18. The molecule has 1 fully saturated rings. The molecule has 1 N–H and O–H groups in total. The Bertz CT molecular complexity index is 1600. The summed E-state index contributed by atoms with van der Waals surface area (Å²) in [5, 5.41) is 5.91. The molecule has 1 aliphatic rings. The van der Waals surface area contributed by atoms with Crippen LogP contribution in [0.15, 0.2) is 71.6 Å². The minimum atomic E-state index is -3.30. The van der Waals surface area contributed by atoms with Gasteiger partial charge < -0.3 is 9.72 Å². The van der Waals surface area contributed by atoms with Crippen LogP contribution in [0.4, 0.5) is 0 Å². The first-order valence-electron chi connectivity index (χ1n) is 11.4. The smallest absolute Gasteiger partial charge is 0.175 e. The van der Waals surface area contributed by atoms with Crippen molar-refractivity contribution in [3.63, 3.8) is 0 Å². The topological polar surface area (TPSA) is 89.9 Å². The summed E-state index contributed by atoms with van der Waals surface area (Å²) in [5.41, 5.74) is 5.30. The van der Waals surface area contributed by atoms with Gasteiger partial charge >= 0.3 is 0 Å². The summed E-state index contributed by atoms with van der Waals surface area (Å²) in [5.74, 6) is 0.697. The molecule has 5 aromatic rings. The van der Waals surface area contributed by atoms with Crippen LogP contribution in [-0.2, 0) is 14.6 Å². The van der Waals surface area contributed by atoms with E-state index in [0.717, 1.165) is 64.6 Å². The highest BCUT2D eigenvalue weighted by molar-refractivity contribution is 7.90. The summed E-state index contributed by atoms with van der Waals surface area (Å²) >= 11 is 0. The maximum atomic E-state index is 12.1. The number of rotatable bonds is 4. The highest BCUT2D eigenvalue weighted by Gasteiger charge is 2.23. The van der Waals surface area contributed by atoms with Gasteiger partial charge in [-0.15, -0.1) is 0 Å². The molecule has 1 saturated heterocycles. The third kappa shape index (κ3) is 3.69. The van der Waals surface area contributed by atoms with E-state index in [1.54, 1.807) is 18.2 Å². The molecule has 0 amide bonds. The third-order valence-corrected chi connectivity index (χ3v) is 7.45. The molecule has 2 aromatic heterocycles. The van der Waals surface area contributed by atoms with Crippen molar-refractivity contribution >= 4 is 31.8 Å². The minimum Gasteiger partial charge on any atom is -0.356 e. The number of ether oxygens (including phenoxy) is 1. The van der Waals surface area contributed by atoms with E-state index in [-0.39, 0.29) is 6.23 Å². The van der Waals surface area contributed by atoms with Crippen molar-refractivity contribution in [1.29, 1.82) is 0 Å². The zero-order chi connectivity index (χ0) is 23.3. The SMILES string of the molecule is CS(=O)(=O)c1cccc(-c2ccc3c(c2)c(-c2nc4ccccc4[nH]2)nn3C2CCCCO2)c1. The highest BCUT2D eigenvalue weighted by atomic mass is 32.2. The lowest BCUT2D eigenvalue weighted by Gasteiger charge is -2.23. The van der Waals surface area contributed by atoms with Gasteiger partial charge in [0.15, 0.2) is 21.9 Å². The predicted molar refractivity (Wildman–Crippen MR) is 132 cm³/mol. The fourth-order valence-corrected chi connectivity index (χ4v) is 5.27. The van der Waals surface area contributed by atoms with Crippen molar-refractivity contribution in [2.24, 2.45) is 0 Å². The van der Waals surface area contributed by atoms with E-state index in [4.69, 9.17) is 14.8 Å². The Morgan fingerprint density at radius 1 is 1.00 bits per heavy atom. The van der Waals surface area contributed by atoms with Crippen molar-refractivity contribution in [1.82, 2.24) is 19.7 Å². The summed E-state index contributed by atoms with van der Waals surface area (Å²) in [6.45, 7) is 0.725. The molecule has 1 atom stereocenters. The average molecular weight is 473 g/mol. The van der Waals surface area contributed by atoms with Gasteiger partial charge in [0.25, 0.3) is 0 Å². The fourth-order valence-electron chi connectivity index (χ4n) is 4.60. The minimum absolute atomic E-state index is 0.117. The van der Waals surface area contributed by atoms with Gasteiger partial charge in [0, 0.05) is 18.2 Å². The Morgan fingerprint density at radius 3 is 2.65 bits per heavy atom. The maximum Gasteiger partial charge on any atom is 0.175 e. The monoisotopic (exact) mass is 472 g/mol. The molecule has 0 bridgehead atoms. The number of para-hydroxylation sites is 2. The molecule has 172 valence electrons. The predicted octanol–water partition coefficient (Wildman–Crippen LogP) is 5.35. The standard InChI is InChI=1S/C26H24N4O3S/c1-34(31,32)19-8-6-7-17(15-19)18-12-13-23-20(16-18)25(29-30(23)24-11-4-5-14-33-24)26-27-21-9-2-3-10-22(21)28-26/h2-3,6-10,12-13,15-16,24H,4-5,11,14H2,1H3,(H,27,28). The quantitative estimate of drug-likeness (QED) is 0.381. The first kappa shape index (κ1) is 21.1. The molecular formula is C26H24N4O3S. The molecule has 0 radical (unpaired) electrons. The van der Waals surface area contributed by atoms with Crippen molar-refractivity contribution in [3.8, 4) is 22.6 Å². The van der Waals surface area contributed by atoms with Crippen LogP contribution in [0.25, 0.3) is 44.6 Å². The lowest BCUT2D eigenvalue weighted by Crippen LogP contribution is -2.19. The maximum absolute atomic E-state index is 12.1. The lowest BCUT2D eigenvalue weighted by atomic mass is 10.0. The third-order valence-electron chi connectivity index (χ3n) is 6.34. The number of hydrogen-bond donors (Lipinski definition) is 1. The molecule has 34 heavy (non-hydrogen) atoms. The van der Waals surface area contributed by atoms with Crippen LogP contribution in [0.3, 0.4) is 0 Å². The van der Waals surface area contributed by atoms with Crippen LogP contribution in [0.2, 0.25) is 0 Å². The Hall–Kier alpha value is -3.49. The molecule has 0 spiro atoms. The number of H-pyrrole nitrogens is 1. The van der Waals surface area contributed by atoms with Crippen LogP contribution in [0.1, 0.15) is 25.5 Å². The fraction of sp³-hybridized carbons (Fsp3) is 0.231. The molecule has 0 aliphatic carbocycles. The molecule has 3 aromatic carbocycles. The van der Waals surface area contributed by atoms with Crippen LogP contribution in [0.5, 0.6) is 0 Å². The van der Waals surface area contributed by atoms with Gasteiger partial charge in [0.05, 0.1) is 21.4 Å². The van der Waals surface area contributed by atoms with E-state index in [9.17, 15) is 8.42 Å². The van der Waals surface area contributed by atoms with Gasteiger partial charge in [0.2, 0.25) is 0 Å². The van der Waals surface area contributed by atoms with Crippen LogP contribution in [0, 0.1) is 0 Å². The zero-order valence-electron chi connectivity index (χ0n) is 18.7. The van der Waals surface area contributed by atoms with E-state index in [2.05, 4.69) is 11.1 Å². The Labute approximate surface area is 197 Å².